The molecule has 1 unspecified atom stereocenters. The summed E-state index contributed by atoms with van der Waals surface area (Å²) in [6.07, 6.45) is 4.82. The van der Waals surface area contributed by atoms with Crippen LogP contribution in [0.4, 0.5) is 0 Å². The zero-order valence-electron chi connectivity index (χ0n) is 17.3. The first-order chi connectivity index (χ1) is 14.1. The Kier molecular flexibility index (Phi) is 6.23. The van der Waals surface area contributed by atoms with Crippen LogP contribution in [0.1, 0.15) is 44.2 Å². The van der Waals surface area contributed by atoms with E-state index in [0.29, 0.717) is 5.02 Å². The zero-order valence-corrected chi connectivity index (χ0v) is 18.1. The number of methoxy groups -OCH3 is 1. The quantitative estimate of drug-likeness (QED) is 0.468. The van der Waals surface area contributed by atoms with E-state index < -0.39 is 0 Å². The Bertz CT molecular complexity index is 1000. The molecule has 1 saturated carbocycles. The molecule has 1 fully saturated rings. The fourth-order valence-corrected chi connectivity index (χ4v) is 4.34. The molecule has 2 N–H and O–H groups in total. The van der Waals surface area contributed by atoms with E-state index in [0.717, 1.165) is 65.0 Å². The summed E-state index contributed by atoms with van der Waals surface area (Å²) in [6, 6.07) is 11.8. The molecule has 1 aliphatic rings. The van der Waals surface area contributed by atoms with Crippen molar-refractivity contribution in [3.05, 3.63) is 47.0 Å². The minimum Gasteiger partial charge on any atom is -0.497 e. The molecule has 4 nitrogen and oxygen atoms in total. The second-order valence-corrected chi connectivity index (χ2v) is 8.59. The van der Waals surface area contributed by atoms with E-state index in [1.807, 2.05) is 30.3 Å². The summed E-state index contributed by atoms with van der Waals surface area (Å²) in [6.45, 7) is 5.71. The first kappa shape index (κ1) is 20.4. The number of aromatic nitrogens is 1. The number of nitrogens with two attached hydrogens (primary N) is 1. The van der Waals surface area contributed by atoms with E-state index in [1.54, 1.807) is 7.11 Å². The van der Waals surface area contributed by atoms with Crippen molar-refractivity contribution >= 4 is 33.4 Å². The maximum absolute atomic E-state index is 6.78. The van der Waals surface area contributed by atoms with Crippen molar-refractivity contribution in [2.24, 2.45) is 11.7 Å². The van der Waals surface area contributed by atoms with Crippen LogP contribution in [-0.4, -0.2) is 36.6 Å². The second kappa shape index (κ2) is 8.86. The summed E-state index contributed by atoms with van der Waals surface area (Å²) >= 11 is 6.23. The van der Waals surface area contributed by atoms with E-state index in [-0.39, 0.29) is 6.04 Å². The highest BCUT2D eigenvalue weighted by atomic mass is 35.5. The predicted octanol–water partition coefficient (Wildman–Crippen LogP) is 5.56. The maximum atomic E-state index is 6.78. The van der Waals surface area contributed by atoms with E-state index in [9.17, 15) is 0 Å². The number of pyridine rings is 1. The Balaban J connectivity index is 1.63. The van der Waals surface area contributed by atoms with Gasteiger partial charge in [-0.15, -0.1) is 0 Å². The second-order valence-electron chi connectivity index (χ2n) is 8.16. The summed E-state index contributed by atoms with van der Waals surface area (Å²) < 4.78 is 5.46. The van der Waals surface area contributed by atoms with Gasteiger partial charge in [0.05, 0.1) is 18.1 Å². The van der Waals surface area contributed by atoms with Gasteiger partial charge in [0.2, 0.25) is 0 Å². The lowest BCUT2D eigenvalue weighted by atomic mass is 9.94. The van der Waals surface area contributed by atoms with Gasteiger partial charge in [-0.2, -0.15) is 0 Å². The highest BCUT2D eigenvalue weighted by Crippen LogP contribution is 2.35. The molecule has 1 aromatic heterocycles. The van der Waals surface area contributed by atoms with Crippen molar-refractivity contribution in [1.29, 1.82) is 0 Å². The van der Waals surface area contributed by atoms with Crippen molar-refractivity contribution in [2.75, 3.05) is 26.7 Å². The zero-order chi connectivity index (χ0) is 20.4. The van der Waals surface area contributed by atoms with Crippen LogP contribution < -0.4 is 10.5 Å². The molecule has 1 atom stereocenters. The Morgan fingerprint density at radius 3 is 2.72 bits per heavy atom. The minimum absolute atomic E-state index is 0.0593. The van der Waals surface area contributed by atoms with Gasteiger partial charge in [-0.1, -0.05) is 24.6 Å². The fraction of sp³-hybridized carbons (Fsp3) is 0.458. The van der Waals surface area contributed by atoms with E-state index in [2.05, 4.69) is 17.9 Å². The average Bonchev–Trinajstić information content (AvgIpc) is 3.54. The first-order valence-electron chi connectivity index (χ1n) is 10.6. The molecular formula is C24H30ClN3O. The topological polar surface area (TPSA) is 51.4 Å². The standard InChI is InChI=1S/C24H30ClN3O/c1-3-28(15-16-6-7-16)12-4-5-21(26)24-19-10-8-17(25)13-23(19)27-22-11-9-18(29-2)14-20(22)24/h8-11,13-14,16,21H,3-7,12,15,26H2,1-2H3. The third-order valence-electron chi connectivity index (χ3n) is 6.01. The Labute approximate surface area is 178 Å². The largest absolute Gasteiger partial charge is 0.497 e. The van der Waals surface area contributed by atoms with Crippen LogP contribution in [0.3, 0.4) is 0 Å². The third kappa shape index (κ3) is 4.66. The van der Waals surface area contributed by atoms with Gasteiger partial charge in [0.15, 0.2) is 0 Å². The number of rotatable bonds is 9. The Hall–Kier alpha value is -1.88. The SMILES string of the molecule is CCN(CCCC(N)c1c2ccc(Cl)cc2nc2ccc(OC)cc12)CC1CC1. The molecule has 5 heteroatoms. The molecule has 0 bridgehead atoms. The Morgan fingerprint density at radius 1 is 1.17 bits per heavy atom. The van der Waals surface area contributed by atoms with Gasteiger partial charge in [-0.05, 0) is 80.6 Å². The molecule has 4 rings (SSSR count). The summed E-state index contributed by atoms with van der Waals surface area (Å²) in [5.41, 5.74) is 9.74. The van der Waals surface area contributed by atoms with Crippen LogP contribution >= 0.6 is 11.6 Å². The van der Waals surface area contributed by atoms with Gasteiger partial charge in [0.1, 0.15) is 5.75 Å². The van der Waals surface area contributed by atoms with Gasteiger partial charge >= 0.3 is 0 Å². The molecular weight excluding hydrogens is 382 g/mol. The number of ether oxygens (including phenoxy) is 1. The number of nitrogens with zero attached hydrogens (tertiary/aromatic N) is 2. The van der Waals surface area contributed by atoms with Crippen molar-refractivity contribution in [3.63, 3.8) is 0 Å². The lowest BCUT2D eigenvalue weighted by Crippen LogP contribution is -2.27. The molecule has 1 aliphatic carbocycles. The van der Waals surface area contributed by atoms with E-state index in [4.69, 9.17) is 27.1 Å². The van der Waals surface area contributed by atoms with Crippen molar-refractivity contribution in [1.82, 2.24) is 9.88 Å². The summed E-state index contributed by atoms with van der Waals surface area (Å²) in [4.78, 5) is 7.38. The van der Waals surface area contributed by atoms with E-state index >= 15 is 0 Å². The number of hydrogen-bond donors (Lipinski definition) is 1. The van der Waals surface area contributed by atoms with Gasteiger partial charge in [-0.25, -0.2) is 4.98 Å². The molecule has 2 aromatic carbocycles. The van der Waals surface area contributed by atoms with Crippen LogP contribution in [-0.2, 0) is 0 Å². The summed E-state index contributed by atoms with van der Waals surface area (Å²) in [7, 11) is 1.69. The van der Waals surface area contributed by atoms with Crippen LogP contribution in [0.5, 0.6) is 5.75 Å². The van der Waals surface area contributed by atoms with Gasteiger partial charge in [0, 0.05) is 28.4 Å². The Morgan fingerprint density at radius 2 is 2.00 bits per heavy atom. The number of halogens is 1. The van der Waals surface area contributed by atoms with Crippen LogP contribution in [0.2, 0.25) is 5.02 Å². The maximum Gasteiger partial charge on any atom is 0.119 e. The molecule has 0 saturated heterocycles. The van der Waals surface area contributed by atoms with Gasteiger partial charge < -0.3 is 15.4 Å². The van der Waals surface area contributed by atoms with Crippen molar-refractivity contribution in [2.45, 2.75) is 38.6 Å². The highest BCUT2D eigenvalue weighted by Gasteiger charge is 2.23. The molecule has 154 valence electrons. The smallest absolute Gasteiger partial charge is 0.119 e. The fourth-order valence-electron chi connectivity index (χ4n) is 4.18. The molecule has 0 spiro atoms. The molecule has 0 radical (unpaired) electrons. The lowest BCUT2D eigenvalue weighted by Gasteiger charge is -2.22. The summed E-state index contributed by atoms with van der Waals surface area (Å²) in [5, 5.41) is 2.83. The normalized spacial score (nSPS) is 15.3. The number of hydrogen-bond acceptors (Lipinski definition) is 4. The predicted molar refractivity (Wildman–Crippen MR) is 122 cm³/mol. The average molecular weight is 412 g/mol. The highest BCUT2D eigenvalue weighted by molar-refractivity contribution is 6.31. The summed E-state index contributed by atoms with van der Waals surface area (Å²) in [5.74, 6) is 1.75. The van der Waals surface area contributed by atoms with Crippen molar-refractivity contribution in [3.8, 4) is 5.75 Å². The van der Waals surface area contributed by atoms with Crippen molar-refractivity contribution < 1.29 is 4.74 Å². The van der Waals surface area contributed by atoms with E-state index in [1.165, 1.54) is 19.4 Å². The molecule has 1 heterocycles. The minimum atomic E-state index is -0.0593. The van der Waals surface area contributed by atoms with Crippen LogP contribution in [0.15, 0.2) is 36.4 Å². The lowest BCUT2D eigenvalue weighted by molar-refractivity contribution is 0.268. The van der Waals surface area contributed by atoms with Gasteiger partial charge in [-0.3, -0.25) is 0 Å². The van der Waals surface area contributed by atoms with Crippen LogP contribution in [0, 0.1) is 5.92 Å². The molecule has 0 aliphatic heterocycles. The first-order valence-corrected chi connectivity index (χ1v) is 11.0. The number of fused-ring (bicyclic) bond motifs is 2. The molecule has 29 heavy (non-hydrogen) atoms. The molecule has 0 amide bonds. The molecule has 3 aromatic rings. The monoisotopic (exact) mass is 411 g/mol. The third-order valence-corrected chi connectivity index (χ3v) is 6.24. The van der Waals surface area contributed by atoms with Crippen LogP contribution in [0.25, 0.3) is 21.8 Å². The number of benzene rings is 2. The van der Waals surface area contributed by atoms with Gasteiger partial charge in [0.25, 0.3) is 0 Å².